The second kappa shape index (κ2) is 10.2. The summed E-state index contributed by atoms with van der Waals surface area (Å²) in [5.41, 5.74) is 0. The number of carbonyl (C=O) groups excluding carboxylic acids is 4. The third-order valence-electron chi connectivity index (χ3n) is 3.06. The molecule has 0 aromatic rings. The number of rotatable bonds is 9. The van der Waals surface area contributed by atoms with Crippen LogP contribution in [0.15, 0.2) is 0 Å². The molecule has 3 atom stereocenters. The second-order valence-electron chi connectivity index (χ2n) is 5.64. The summed E-state index contributed by atoms with van der Waals surface area (Å²) in [5, 5.41) is 17.1. The average molecular weight is 360 g/mol. The number of esters is 4. The largest absolute Gasteiger partial charge is 0.481 e. The first-order valence-electron chi connectivity index (χ1n) is 7.37. The van der Waals surface area contributed by atoms with Gasteiger partial charge in [0.05, 0.1) is 37.0 Å². The van der Waals surface area contributed by atoms with Crippen LogP contribution in [-0.4, -0.2) is 46.0 Å². The fourth-order valence-electron chi connectivity index (χ4n) is 1.58. The van der Waals surface area contributed by atoms with Crippen molar-refractivity contribution in [3.8, 4) is 0 Å². The Morgan fingerprint density at radius 1 is 0.640 bits per heavy atom. The Labute approximate surface area is 143 Å². The van der Waals surface area contributed by atoms with Gasteiger partial charge in [-0.05, 0) is 0 Å². The van der Waals surface area contributed by atoms with E-state index < -0.39 is 72.8 Å². The predicted octanol–water partition coefficient (Wildman–Crippen LogP) is 0.374. The molecule has 0 aromatic heterocycles. The minimum absolute atomic E-state index is 0.514. The lowest BCUT2D eigenvalue weighted by atomic mass is 10.1. The number of hydrogen-bond donors (Lipinski definition) is 2. The number of ether oxygens (including phenoxy) is 2. The van der Waals surface area contributed by atoms with E-state index in [2.05, 4.69) is 9.47 Å². The standard InChI is InChI=1S/C15H20O10/c1-7(4-10(16)17)13(21)24-12(20)6-9(3)15(23)25-14(22)8(2)5-11(18)19/h7-9H,4-6H2,1-3H3,(H,16,17)(H,18,19). The summed E-state index contributed by atoms with van der Waals surface area (Å²) < 4.78 is 8.90. The highest BCUT2D eigenvalue weighted by Gasteiger charge is 2.27. The minimum atomic E-state index is -1.23. The third kappa shape index (κ3) is 9.18. The molecule has 0 aliphatic rings. The van der Waals surface area contributed by atoms with Crippen molar-refractivity contribution in [1.29, 1.82) is 0 Å². The summed E-state index contributed by atoms with van der Waals surface area (Å²) in [4.78, 5) is 67.2. The molecule has 0 radical (unpaired) electrons. The smallest absolute Gasteiger partial charge is 0.316 e. The van der Waals surface area contributed by atoms with Gasteiger partial charge < -0.3 is 19.7 Å². The topological polar surface area (TPSA) is 161 Å². The summed E-state index contributed by atoms with van der Waals surface area (Å²) in [6, 6.07) is 0. The van der Waals surface area contributed by atoms with Gasteiger partial charge in [0.15, 0.2) is 0 Å². The number of aliphatic carboxylic acids is 2. The van der Waals surface area contributed by atoms with Gasteiger partial charge in [0, 0.05) is 0 Å². The molecule has 0 bridgehead atoms. The van der Waals surface area contributed by atoms with Crippen LogP contribution in [0, 0.1) is 17.8 Å². The van der Waals surface area contributed by atoms with Gasteiger partial charge >= 0.3 is 35.8 Å². The number of carbonyl (C=O) groups is 6. The molecule has 25 heavy (non-hydrogen) atoms. The molecular weight excluding hydrogens is 340 g/mol. The molecule has 0 aliphatic carbocycles. The van der Waals surface area contributed by atoms with Gasteiger partial charge in [0.25, 0.3) is 0 Å². The van der Waals surface area contributed by atoms with E-state index >= 15 is 0 Å². The van der Waals surface area contributed by atoms with Crippen molar-refractivity contribution in [3.63, 3.8) is 0 Å². The van der Waals surface area contributed by atoms with Crippen molar-refractivity contribution >= 4 is 35.8 Å². The highest BCUT2D eigenvalue weighted by Crippen LogP contribution is 2.12. The summed E-state index contributed by atoms with van der Waals surface area (Å²) in [7, 11) is 0. The SMILES string of the molecule is CC(CC(=O)O)C(=O)OC(=O)CC(C)C(=O)OC(=O)C(C)CC(=O)O. The van der Waals surface area contributed by atoms with Crippen LogP contribution in [0.5, 0.6) is 0 Å². The zero-order valence-corrected chi connectivity index (χ0v) is 14.0. The maximum atomic E-state index is 11.7. The van der Waals surface area contributed by atoms with Gasteiger partial charge in [-0.15, -0.1) is 0 Å². The molecule has 140 valence electrons. The maximum Gasteiger partial charge on any atom is 0.316 e. The van der Waals surface area contributed by atoms with Crippen molar-refractivity contribution in [2.75, 3.05) is 0 Å². The molecular formula is C15H20O10. The van der Waals surface area contributed by atoms with Crippen molar-refractivity contribution < 1.29 is 48.5 Å². The molecule has 3 unspecified atom stereocenters. The molecule has 10 heteroatoms. The molecule has 0 saturated heterocycles. The highest BCUT2D eigenvalue weighted by molar-refractivity contribution is 5.93. The van der Waals surface area contributed by atoms with E-state index in [4.69, 9.17) is 10.2 Å². The van der Waals surface area contributed by atoms with Crippen LogP contribution in [0.2, 0.25) is 0 Å². The molecule has 0 amide bonds. The summed E-state index contributed by atoms with van der Waals surface area (Å²) in [5.74, 6) is -9.89. The first kappa shape index (κ1) is 22.2. The molecule has 0 aromatic carbocycles. The fourth-order valence-corrected chi connectivity index (χ4v) is 1.58. The molecule has 0 saturated carbocycles. The lowest BCUT2D eigenvalue weighted by Gasteiger charge is -2.12. The predicted molar refractivity (Wildman–Crippen MR) is 78.8 cm³/mol. The van der Waals surface area contributed by atoms with Crippen molar-refractivity contribution in [1.82, 2.24) is 0 Å². The molecule has 0 aliphatic heterocycles. The number of hydrogen-bond acceptors (Lipinski definition) is 8. The van der Waals surface area contributed by atoms with Crippen molar-refractivity contribution in [2.24, 2.45) is 17.8 Å². The van der Waals surface area contributed by atoms with Gasteiger partial charge in [-0.2, -0.15) is 0 Å². The van der Waals surface area contributed by atoms with E-state index in [0.29, 0.717) is 0 Å². The van der Waals surface area contributed by atoms with Crippen LogP contribution in [0.25, 0.3) is 0 Å². The number of carboxylic acids is 2. The Kier molecular flexibility index (Phi) is 9.03. The van der Waals surface area contributed by atoms with Crippen LogP contribution in [0.4, 0.5) is 0 Å². The lowest BCUT2D eigenvalue weighted by molar-refractivity contribution is -0.171. The number of carboxylic acid groups (broad SMARTS) is 2. The fraction of sp³-hybridized carbons (Fsp3) is 0.600. The van der Waals surface area contributed by atoms with E-state index in [0.717, 1.165) is 0 Å². The van der Waals surface area contributed by atoms with Crippen LogP contribution in [0.3, 0.4) is 0 Å². The van der Waals surface area contributed by atoms with Crippen molar-refractivity contribution in [3.05, 3.63) is 0 Å². The normalized spacial score (nSPS) is 13.9. The Bertz CT molecular complexity index is 565. The van der Waals surface area contributed by atoms with Gasteiger partial charge in [-0.1, -0.05) is 20.8 Å². The Hall–Kier alpha value is -2.78. The average Bonchev–Trinajstić information content (AvgIpc) is 2.45. The van der Waals surface area contributed by atoms with E-state index in [1.54, 1.807) is 0 Å². The summed E-state index contributed by atoms with van der Waals surface area (Å²) in [6.45, 7) is 3.79. The van der Waals surface area contributed by atoms with E-state index in [1.807, 2.05) is 0 Å². The van der Waals surface area contributed by atoms with Gasteiger partial charge in [0.2, 0.25) is 0 Å². The lowest BCUT2D eigenvalue weighted by Crippen LogP contribution is -2.28. The van der Waals surface area contributed by atoms with Gasteiger partial charge in [-0.3, -0.25) is 28.8 Å². The molecule has 10 nitrogen and oxygen atoms in total. The van der Waals surface area contributed by atoms with Gasteiger partial charge in [0.1, 0.15) is 0 Å². The highest BCUT2D eigenvalue weighted by atomic mass is 16.6. The van der Waals surface area contributed by atoms with Crippen molar-refractivity contribution in [2.45, 2.75) is 40.0 Å². The van der Waals surface area contributed by atoms with E-state index in [-0.39, 0.29) is 0 Å². The van der Waals surface area contributed by atoms with Gasteiger partial charge in [-0.25, -0.2) is 0 Å². The van der Waals surface area contributed by atoms with E-state index in [9.17, 15) is 28.8 Å². The first-order valence-corrected chi connectivity index (χ1v) is 7.37. The zero-order valence-electron chi connectivity index (χ0n) is 14.0. The first-order chi connectivity index (χ1) is 11.4. The summed E-state index contributed by atoms with van der Waals surface area (Å²) in [6.07, 6.45) is -1.59. The summed E-state index contributed by atoms with van der Waals surface area (Å²) >= 11 is 0. The maximum absolute atomic E-state index is 11.7. The molecule has 2 N–H and O–H groups in total. The Morgan fingerprint density at radius 2 is 0.960 bits per heavy atom. The third-order valence-corrected chi connectivity index (χ3v) is 3.06. The quantitative estimate of drug-likeness (QED) is 0.434. The van der Waals surface area contributed by atoms with Crippen LogP contribution >= 0.6 is 0 Å². The Morgan fingerprint density at radius 3 is 1.32 bits per heavy atom. The minimum Gasteiger partial charge on any atom is -0.481 e. The Balaban J connectivity index is 4.45. The van der Waals surface area contributed by atoms with E-state index in [1.165, 1.54) is 20.8 Å². The van der Waals surface area contributed by atoms with Crippen LogP contribution < -0.4 is 0 Å². The van der Waals surface area contributed by atoms with Crippen LogP contribution in [0.1, 0.15) is 40.0 Å². The molecule has 0 heterocycles. The molecule has 0 spiro atoms. The molecule has 0 fully saturated rings. The molecule has 0 rings (SSSR count). The monoisotopic (exact) mass is 360 g/mol. The zero-order chi connectivity index (χ0) is 19.7. The van der Waals surface area contributed by atoms with Crippen LogP contribution in [-0.2, 0) is 38.2 Å². The second-order valence-corrected chi connectivity index (χ2v) is 5.64.